The first kappa shape index (κ1) is 45.1. The maximum atomic E-state index is 12.1. The van der Waals surface area contributed by atoms with E-state index in [0.29, 0.717) is 93.9 Å². The lowest BCUT2D eigenvalue weighted by Crippen LogP contribution is -2.43. The summed E-state index contributed by atoms with van der Waals surface area (Å²) < 4.78 is 11.4. The lowest BCUT2D eigenvalue weighted by molar-refractivity contribution is 0.0979. The first-order valence-corrected chi connectivity index (χ1v) is 23.1. The van der Waals surface area contributed by atoms with E-state index in [9.17, 15) is 9.59 Å². The van der Waals surface area contributed by atoms with Crippen LogP contribution in [0.15, 0.2) is 220 Å². The fraction of sp³-hybridized carbons (Fsp3) is 0.0690. The number of halogens is 3. The van der Waals surface area contributed by atoms with Crippen LogP contribution in [0.2, 0.25) is 15.1 Å². The van der Waals surface area contributed by atoms with Gasteiger partial charge in [0.1, 0.15) is 0 Å². The van der Waals surface area contributed by atoms with Crippen molar-refractivity contribution < 1.29 is 19.1 Å². The topological polar surface area (TPSA) is 102 Å². The zero-order valence-electron chi connectivity index (χ0n) is 37.1. The number of carbonyl (C=O) groups excluding carboxylic acids is 2. The maximum Gasteiger partial charge on any atom is 0.227 e. The maximum absolute atomic E-state index is 12.1. The van der Waals surface area contributed by atoms with Gasteiger partial charge in [0.05, 0.1) is 42.1 Å². The number of hydrogen-bond acceptors (Lipinski definition) is 8. The molecular weight excluding hydrogens is 923 g/mol. The summed E-state index contributed by atoms with van der Waals surface area (Å²) >= 11 is 21.5. The summed E-state index contributed by atoms with van der Waals surface area (Å²) in [5, 5.41) is 1.37. The van der Waals surface area contributed by atoms with Crippen molar-refractivity contribution in [1.29, 1.82) is 0 Å². The summed E-state index contributed by atoms with van der Waals surface area (Å²) in [6, 6.07) is 62.2. The number of aliphatic imine (C=N–C) groups is 4. The van der Waals surface area contributed by atoms with Crippen LogP contribution in [-0.2, 0) is 11.3 Å². The van der Waals surface area contributed by atoms with E-state index in [1.165, 1.54) is 0 Å². The monoisotopic (exact) mass is 960 g/mol. The fourth-order valence-corrected chi connectivity index (χ4v) is 9.75. The molecule has 1 aliphatic carbocycles. The summed E-state index contributed by atoms with van der Waals surface area (Å²) in [7, 11) is 3.20. The highest BCUT2D eigenvalue weighted by Gasteiger charge is 2.62. The molecule has 0 aromatic heterocycles. The van der Waals surface area contributed by atoms with Gasteiger partial charge in [-0.05, 0) is 36.4 Å². The lowest BCUT2D eigenvalue weighted by atomic mass is 9.82. The van der Waals surface area contributed by atoms with E-state index < -0.39 is 11.3 Å². The van der Waals surface area contributed by atoms with Gasteiger partial charge < -0.3 is 9.47 Å². The predicted octanol–water partition coefficient (Wildman–Crippen LogP) is 13.1. The van der Waals surface area contributed by atoms with E-state index >= 15 is 0 Å². The SMILES string of the molecule is COc1ccc(C2=NC(c3ccccc3Cl)(C3(c4ccccc4Cl)N=C(c4ccccc4)C(c4ccccc4)=N3)N=C2c2ccccc2Cl)cc1OC.O=C1c2ccccc2C(=O)c2ccccc21. The lowest BCUT2D eigenvalue weighted by Gasteiger charge is -2.39. The molecule has 8 nitrogen and oxygen atoms in total. The zero-order valence-corrected chi connectivity index (χ0v) is 39.4. The normalized spacial score (nSPS) is 16.5. The molecule has 3 aliphatic rings. The largest absolute Gasteiger partial charge is 0.493 e. The average Bonchev–Trinajstić information content (AvgIpc) is 4.01. The number of methoxy groups -OCH3 is 2. The van der Waals surface area contributed by atoms with Crippen molar-refractivity contribution in [2.24, 2.45) is 20.0 Å². The number of hydrogen-bond donors (Lipinski definition) is 0. The van der Waals surface area contributed by atoms with E-state index in [4.69, 9.17) is 64.2 Å². The van der Waals surface area contributed by atoms with Crippen LogP contribution in [0.4, 0.5) is 0 Å². The van der Waals surface area contributed by atoms with Gasteiger partial charge in [-0.1, -0.05) is 199 Å². The Kier molecular flexibility index (Phi) is 12.2. The average molecular weight is 962 g/mol. The molecule has 0 amide bonds. The molecule has 69 heavy (non-hydrogen) atoms. The summed E-state index contributed by atoms with van der Waals surface area (Å²) in [6.45, 7) is 0. The number of rotatable bonds is 9. The molecule has 11 heteroatoms. The molecular formula is C58H39Cl3N4O4. The first-order chi connectivity index (χ1) is 33.7. The first-order valence-electron chi connectivity index (χ1n) is 21.9. The number of ether oxygens (including phenoxy) is 2. The van der Waals surface area contributed by atoms with Crippen LogP contribution in [0, 0.1) is 0 Å². The molecule has 8 aromatic rings. The molecule has 336 valence electrons. The highest BCUT2D eigenvalue weighted by Crippen LogP contribution is 2.57. The van der Waals surface area contributed by atoms with Crippen molar-refractivity contribution in [3.05, 3.63) is 271 Å². The van der Waals surface area contributed by atoms with Gasteiger partial charge in [0.2, 0.25) is 11.3 Å². The molecule has 1 atom stereocenters. The molecule has 0 fully saturated rings. The smallest absolute Gasteiger partial charge is 0.227 e. The Morgan fingerprint density at radius 3 is 1.10 bits per heavy atom. The minimum Gasteiger partial charge on any atom is -0.493 e. The molecule has 8 aromatic carbocycles. The van der Waals surface area contributed by atoms with Crippen LogP contribution in [-0.4, -0.2) is 48.6 Å². The molecule has 0 N–H and O–H groups in total. The van der Waals surface area contributed by atoms with Gasteiger partial charge in [-0.25, -0.2) is 20.0 Å². The van der Waals surface area contributed by atoms with E-state index in [1.54, 1.807) is 62.8 Å². The Bertz CT molecular complexity index is 3300. The molecule has 0 saturated heterocycles. The van der Waals surface area contributed by atoms with Gasteiger partial charge in [0.25, 0.3) is 0 Å². The van der Waals surface area contributed by atoms with Gasteiger partial charge in [0, 0.05) is 65.7 Å². The fourth-order valence-electron chi connectivity index (χ4n) is 8.99. The molecule has 0 radical (unpaired) electrons. The van der Waals surface area contributed by atoms with Crippen LogP contribution in [0.3, 0.4) is 0 Å². The minimum atomic E-state index is -1.65. The third-order valence-corrected chi connectivity index (χ3v) is 13.2. The summed E-state index contributed by atoms with van der Waals surface area (Å²) in [6.07, 6.45) is 0. The second-order valence-corrected chi connectivity index (χ2v) is 17.4. The van der Waals surface area contributed by atoms with Crippen molar-refractivity contribution in [3.63, 3.8) is 0 Å². The summed E-state index contributed by atoms with van der Waals surface area (Å²) in [5.74, 6) is 0.967. The third-order valence-electron chi connectivity index (χ3n) is 12.2. The van der Waals surface area contributed by atoms with Crippen molar-refractivity contribution in [2.75, 3.05) is 14.2 Å². The van der Waals surface area contributed by atoms with E-state index in [2.05, 4.69) is 0 Å². The number of fused-ring (bicyclic) bond motifs is 2. The highest BCUT2D eigenvalue weighted by atomic mass is 35.5. The number of nitrogens with zero attached hydrogens (tertiary/aromatic N) is 4. The number of ketones is 2. The van der Waals surface area contributed by atoms with Crippen LogP contribution in [0.1, 0.15) is 65.2 Å². The summed E-state index contributed by atoms with van der Waals surface area (Å²) in [4.78, 5) is 46.9. The second-order valence-electron chi connectivity index (χ2n) is 16.2. The minimum absolute atomic E-state index is 0.0641. The Morgan fingerprint density at radius 1 is 0.348 bits per heavy atom. The Morgan fingerprint density at radius 2 is 0.696 bits per heavy atom. The van der Waals surface area contributed by atoms with Crippen LogP contribution in [0.5, 0.6) is 11.5 Å². The van der Waals surface area contributed by atoms with Gasteiger partial charge in [-0.3, -0.25) is 9.59 Å². The van der Waals surface area contributed by atoms with Crippen molar-refractivity contribution >= 4 is 69.2 Å². The summed E-state index contributed by atoms with van der Waals surface area (Å²) in [5.41, 5.74) is 5.43. The molecule has 0 bridgehead atoms. The van der Waals surface area contributed by atoms with Crippen LogP contribution in [0.25, 0.3) is 0 Å². The van der Waals surface area contributed by atoms with Crippen LogP contribution >= 0.6 is 34.8 Å². The Labute approximate surface area is 414 Å². The third kappa shape index (κ3) is 7.86. The highest BCUT2D eigenvalue weighted by molar-refractivity contribution is 6.57. The van der Waals surface area contributed by atoms with Crippen molar-refractivity contribution in [2.45, 2.75) is 11.3 Å². The Hall–Kier alpha value is -7.75. The van der Waals surface area contributed by atoms with Gasteiger partial charge >= 0.3 is 0 Å². The molecule has 2 aliphatic heterocycles. The van der Waals surface area contributed by atoms with Gasteiger partial charge in [-0.2, -0.15) is 0 Å². The van der Waals surface area contributed by atoms with Crippen LogP contribution < -0.4 is 9.47 Å². The second kappa shape index (κ2) is 18.7. The quantitative estimate of drug-likeness (QED) is 0.144. The van der Waals surface area contributed by atoms with E-state index in [-0.39, 0.29) is 11.6 Å². The van der Waals surface area contributed by atoms with Gasteiger partial charge in [0.15, 0.2) is 23.1 Å². The van der Waals surface area contributed by atoms with Gasteiger partial charge in [-0.15, -0.1) is 0 Å². The van der Waals surface area contributed by atoms with Crippen molar-refractivity contribution in [3.8, 4) is 11.5 Å². The molecule has 2 heterocycles. The molecule has 11 rings (SSSR count). The number of carbonyl (C=O) groups is 2. The zero-order chi connectivity index (χ0) is 47.7. The predicted molar refractivity (Wildman–Crippen MR) is 276 cm³/mol. The Balaban J connectivity index is 0.000000290. The standard InChI is InChI=1S/C44H31Cl3N4O2.C14H8O2/c1-52-37-26-25-30(27-38(37)53-2)41-42(31-19-9-12-22-34(31)45)51-44(50-41,33-21-11-14-24-36(33)47)43(32-20-10-13-23-35(32)46)48-39(28-15-5-3-6-16-28)40(49-43)29-17-7-4-8-18-29;15-13-9-5-1-2-6-10(9)14(16)12-8-4-3-7-11(12)13/h3-27H,1-2H3;1-8H. The van der Waals surface area contributed by atoms with Crippen molar-refractivity contribution in [1.82, 2.24) is 0 Å². The molecule has 1 unspecified atom stereocenters. The van der Waals surface area contributed by atoms with E-state index in [1.807, 2.05) is 152 Å². The molecule has 0 spiro atoms. The molecule has 0 saturated carbocycles. The van der Waals surface area contributed by atoms with E-state index in [0.717, 1.165) is 11.1 Å². The number of benzene rings is 8.